The van der Waals surface area contributed by atoms with E-state index in [-0.39, 0.29) is 5.41 Å². The van der Waals surface area contributed by atoms with Gasteiger partial charge in [0.15, 0.2) is 5.82 Å². The SMILES string of the molecule is CNC1CC(C)(C)Cc2nc(-c3ccnn3C)ncc21. The average Bonchev–Trinajstić information content (AvgIpc) is 2.82. The van der Waals surface area contributed by atoms with Crippen molar-refractivity contribution in [2.75, 3.05) is 7.05 Å². The Hall–Kier alpha value is -1.75. The summed E-state index contributed by atoms with van der Waals surface area (Å²) in [5, 5.41) is 7.57. The molecule has 0 aliphatic heterocycles. The molecule has 5 nitrogen and oxygen atoms in total. The van der Waals surface area contributed by atoms with E-state index >= 15 is 0 Å². The van der Waals surface area contributed by atoms with E-state index in [0.29, 0.717) is 6.04 Å². The van der Waals surface area contributed by atoms with Crippen LogP contribution in [0.15, 0.2) is 18.5 Å². The topological polar surface area (TPSA) is 55.6 Å². The molecule has 2 heterocycles. The van der Waals surface area contributed by atoms with Crippen molar-refractivity contribution in [1.29, 1.82) is 0 Å². The number of fused-ring (bicyclic) bond motifs is 1. The summed E-state index contributed by atoms with van der Waals surface area (Å²) in [5.74, 6) is 0.760. The number of hydrogen-bond donors (Lipinski definition) is 1. The van der Waals surface area contributed by atoms with E-state index in [1.54, 1.807) is 6.20 Å². The number of rotatable bonds is 2. The van der Waals surface area contributed by atoms with Crippen LogP contribution >= 0.6 is 0 Å². The zero-order valence-corrected chi connectivity index (χ0v) is 12.5. The smallest absolute Gasteiger partial charge is 0.178 e. The Morgan fingerprint density at radius 3 is 2.85 bits per heavy atom. The fraction of sp³-hybridized carbons (Fsp3) is 0.533. The minimum Gasteiger partial charge on any atom is -0.313 e. The molecule has 1 aliphatic rings. The second kappa shape index (κ2) is 4.66. The molecule has 1 unspecified atom stereocenters. The van der Waals surface area contributed by atoms with E-state index in [9.17, 15) is 0 Å². The van der Waals surface area contributed by atoms with Gasteiger partial charge < -0.3 is 5.32 Å². The first-order valence-corrected chi connectivity index (χ1v) is 7.01. The Labute approximate surface area is 119 Å². The lowest BCUT2D eigenvalue weighted by atomic mass is 9.74. The molecule has 106 valence electrons. The van der Waals surface area contributed by atoms with Crippen molar-refractivity contribution in [3.63, 3.8) is 0 Å². The van der Waals surface area contributed by atoms with Gasteiger partial charge >= 0.3 is 0 Å². The van der Waals surface area contributed by atoms with Gasteiger partial charge in [-0.2, -0.15) is 5.10 Å². The first-order valence-electron chi connectivity index (χ1n) is 7.01. The van der Waals surface area contributed by atoms with Crippen LogP contribution in [0.2, 0.25) is 0 Å². The number of aryl methyl sites for hydroxylation is 1. The summed E-state index contributed by atoms with van der Waals surface area (Å²) in [7, 11) is 3.92. The van der Waals surface area contributed by atoms with Crippen LogP contribution in [-0.2, 0) is 13.5 Å². The summed E-state index contributed by atoms with van der Waals surface area (Å²) in [6, 6.07) is 2.29. The normalized spacial score (nSPS) is 20.7. The Morgan fingerprint density at radius 2 is 2.20 bits per heavy atom. The molecule has 20 heavy (non-hydrogen) atoms. The predicted molar refractivity (Wildman–Crippen MR) is 78.1 cm³/mol. The number of nitrogens with one attached hydrogen (secondary N) is 1. The molecule has 1 N–H and O–H groups in total. The van der Waals surface area contributed by atoms with Crippen LogP contribution in [-0.4, -0.2) is 26.8 Å². The molecule has 1 aliphatic carbocycles. The van der Waals surface area contributed by atoms with Crippen molar-refractivity contribution in [3.8, 4) is 11.5 Å². The third kappa shape index (κ3) is 2.22. The molecule has 0 saturated heterocycles. The number of aromatic nitrogens is 4. The zero-order valence-electron chi connectivity index (χ0n) is 12.5. The standard InChI is InChI=1S/C15H21N5/c1-15(2)7-11(16-3)10-9-17-14(19-12(10)8-15)13-5-6-18-20(13)4/h5-6,9,11,16H,7-8H2,1-4H3. The van der Waals surface area contributed by atoms with Crippen LogP contribution in [0.3, 0.4) is 0 Å². The fourth-order valence-electron chi connectivity index (χ4n) is 3.02. The number of nitrogens with zero attached hydrogens (tertiary/aromatic N) is 4. The minimum atomic E-state index is 0.263. The maximum absolute atomic E-state index is 4.80. The van der Waals surface area contributed by atoms with Crippen molar-refractivity contribution in [1.82, 2.24) is 25.1 Å². The predicted octanol–water partition coefficient (Wildman–Crippen LogP) is 2.11. The largest absolute Gasteiger partial charge is 0.313 e. The van der Waals surface area contributed by atoms with Gasteiger partial charge in [0, 0.05) is 36.7 Å². The molecule has 0 radical (unpaired) electrons. The molecule has 0 spiro atoms. The van der Waals surface area contributed by atoms with Gasteiger partial charge in [0.2, 0.25) is 0 Å². The van der Waals surface area contributed by atoms with E-state index < -0.39 is 0 Å². The zero-order chi connectivity index (χ0) is 14.3. The lowest BCUT2D eigenvalue weighted by molar-refractivity contribution is 0.260. The maximum Gasteiger partial charge on any atom is 0.178 e. The minimum absolute atomic E-state index is 0.263. The second-order valence-electron chi connectivity index (χ2n) is 6.32. The van der Waals surface area contributed by atoms with Crippen LogP contribution in [0.25, 0.3) is 11.5 Å². The highest BCUT2D eigenvalue weighted by atomic mass is 15.3. The van der Waals surface area contributed by atoms with Gasteiger partial charge in [-0.15, -0.1) is 0 Å². The number of hydrogen-bond acceptors (Lipinski definition) is 4. The van der Waals surface area contributed by atoms with Crippen LogP contribution in [0.1, 0.15) is 37.6 Å². The quantitative estimate of drug-likeness (QED) is 0.909. The molecular weight excluding hydrogens is 250 g/mol. The highest BCUT2D eigenvalue weighted by molar-refractivity contribution is 5.49. The van der Waals surface area contributed by atoms with Gasteiger partial charge in [0.1, 0.15) is 5.69 Å². The fourth-order valence-corrected chi connectivity index (χ4v) is 3.02. The van der Waals surface area contributed by atoms with E-state index in [1.165, 1.54) is 5.56 Å². The molecule has 0 saturated carbocycles. The first-order chi connectivity index (χ1) is 9.50. The molecule has 5 heteroatoms. The molecule has 0 bridgehead atoms. The molecule has 3 rings (SSSR count). The van der Waals surface area contributed by atoms with Gasteiger partial charge in [0.05, 0.1) is 0 Å². The third-order valence-electron chi connectivity index (χ3n) is 4.08. The molecule has 0 amide bonds. The average molecular weight is 271 g/mol. The van der Waals surface area contributed by atoms with E-state index in [2.05, 4.69) is 29.2 Å². The van der Waals surface area contributed by atoms with Crippen LogP contribution in [0, 0.1) is 5.41 Å². The summed E-state index contributed by atoms with van der Waals surface area (Å²) < 4.78 is 1.81. The summed E-state index contributed by atoms with van der Waals surface area (Å²) in [6.45, 7) is 4.60. The lowest BCUT2D eigenvalue weighted by Crippen LogP contribution is -2.32. The molecule has 2 aromatic heterocycles. The highest BCUT2D eigenvalue weighted by Crippen LogP contribution is 2.39. The maximum atomic E-state index is 4.80. The van der Waals surface area contributed by atoms with E-state index in [4.69, 9.17) is 4.98 Å². The first kappa shape index (κ1) is 13.2. The van der Waals surface area contributed by atoms with Crippen molar-refractivity contribution < 1.29 is 0 Å². The van der Waals surface area contributed by atoms with Crippen molar-refractivity contribution in [2.24, 2.45) is 12.5 Å². The van der Waals surface area contributed by atoms with Crippen LogP contribution in [0.5, 0.6) is 0 Å². The molecule has 2 aromatic rings. The van der Waals surface area contributed by atoms with E-state index in [0.717, 1.165) is 30.1 Å². The molecular formula is C15H21N5. The van der Waals surface area contributed by atoms with Crippen LogP contribution in [0.4, 0.5) is 0 Å². The molecule has 1 atom stereocenters. The van der Waals surface area contributed by atoms with Crippen molar-refractivity contribution in [3.05, 3.63) is 29.7 Å². The summed E-state index contributed by atoms with van der Waals surface area (Å²) in [5.41, 5.74) is 3.61. The van der Waals surface area contributed by atoms with Gasteiger partial charge in [-0.1, -0.05) is 13.8 Å². The van der Waals surface area contributed by atoms with Gasteiger partial charge in [-0.25, -0.2) is 9.97 Å². The van der Waals surface area contributed by atoms with Crippen molar-refractivity contribution >= 4 is 0 Å². The Morgan fingerprint density at radius 1 is 1.40 bits per heavy atom. The van der Waals surface area contributed by atoms with E-state index in [1.807, 2.05) is 31.0 Å². The monoisotopic (exact) mass is 271 g/mol. The second-order valence-corrected chi connectivity index (χ2v) is 6.32. The molecule has 0 aromatic carbocycles. The Kier molecular flexibility index (Phi) is 3.09. The lowest BCUT2D eigenvalue weighted by Gasteiger charge is -2.36. The van der Waals surface area contributed by atoms with Gasteiger partial charge in [0.25, 0.3) is 0 Å². The van der Waals surface area contributed by atoms with Crippen molar-refractivity contribution in [2.45, 2.75) is 32.7 Å². The summed E-state index contributed by atoms with van der Waals surface area (Å²) in [4.78, 5) is 9.33. The highest BCUT2D eigenvalue weighted by Gasteiger charge is 2.33. The Balaban J connectivity index is 2.06. The van der Waals surface area contributed by atoms with Gasteiger partial charge in [-0.05, 0) is 31.4 Å². The Bertz CT molecular complexity index is 629. The third-order valence-corrected chi connectivity index (χ3v) is 4.08. The summed E-state index contributed by atoms with van der Waals surface area (Å²) >= 11 is 0. The van der Waals surface area contributed by atoms with Gasteiger partial charge in [-0.3, -0.25) is 4.68 Å². The molecule has 0 fully saturated rings. The summed E-state index contributed by atoms with van der Waals surface area (Å²) in [6.07, 6.45) is 5.86. The van der Waals surface area contributed by atoms with Crippen LogP contribution < -0.4 is 5.32 Å².